The Morgan fingerprint density at radius 3 is 2.55 bits per heavy atom. The van der Waals surface area contributed by atoms with Crippen molar-refractivity contribution in [2.45, 2.75) is 12.7 Å². The summed E-state index contributed by atoms with van der Waals surface area (Å²) in [6, 6.07) is 14.0. The van der Waals surface area contributed by atoms with E-state index in [1.165, 1.54) is 5.56 Å². The second kappa shape index (κ2) is 5.96. The molecule has 0 bridgehead atoms. The molecule has 114 valence electrons. The smallest absolute Gasteiger partial charge is 0.189 e. The maximum absolute atomic E-state index is 6.03. The largest absolute Gasteiger partial charge is 0.383 e. The highest BCUT2D eigenvalue weighted by Gasteiger charge is 2.23. The summed E-state index contributed by atoms with van der Waals surface area (Å²) in [4.78, 5) is 4.25. The van der Waals surface area contributed by atoms with Gasteiger partial charge < -0.3 is 5.73 Å². The minimum Gasteiger partial charge on any atom is -0.383 e. The van der Waals surface area contributed by atoms with Crippen molar-refractivity contribution in [3.63, 3.8) is 0 Å². The van der Waals surface area contributed by atoms with Gasteiger partial charge in [-0.3, -0.25) is 10.7 Å². The molecule has 1 unspecified atom stereocenters. The Hall–Kier alpha value is -2.08. The third-order valence-corrected chi connectivity index (χ3v) is 3.95. The van der Waals surface area contributed by atoms with Gasteiger partial charge in [0.25, 0.3) is 0 Å². The Kier molecular flexibility index (Phi) is 4.02. The molecule has 0 radical (unpaired) electrons. The molecule has 0 fully saturated rings. The van der Waals surface area contributed by atoms with E-state index in [-0.39, 0.29) is 0 Å². The molecule has 2 aromatic rings. The number of nitrogens with two attached hydrogens (primary N) is 2. The molecule has 0 saturated carbocycles. The van der Waals surface area contributed by atoms with Crippen LogP contribution in [0.25, 0.3) is 0 Å². The molecule has 1 atom stereocenters. The molecule has 22 heavy (non-hydrogen) atoms. The Morgan fingerprint density at radius 1 is 1.18 bits per heavy atom. The number of aliphatic imine (C=N–C) groups is 1. The third kappa shape index (κ3) is 2.78. The first-order valence-corrected chi connectivity index (χ1v) is 7.39. The van der Waals surface area contributed by atoms with Crippen molar-refractivity contribution < 1.29 is 0 Å². The zero-order chi connectivity index (χ0) is 15.7. The van der Waals surface area contributed by atoms with Gasteiger partial charge in [0.2, 0.25) is 0 Å². The van der Waals surface area contributed by atoms with Gasteiger partial charge >= 0.3 is 0 Å². The fraction of sp³-hybridized carbons (Fsp3) is 0.188. The molecule has 0 amide bonds. The fourth-order valence-corrected chi connectivity index (χ4v) is 2.74. The molecule has 0 aliphatic carbocycles. The lowest BCUT2D eigenvalue weighted by Crippen LogP contribution is -2.52. The van der Waals surface area contributed by atoms with E-state index in [0.29, 0.717) is 5.84 Å². The van der Waals surface area contributed by atoms with Gasteiger partial charge in [0.15, 0.2) is 6.29 Å². The summed E-state index contributed by atoms with van der Waals surface area (Å²) in [6.07, 6.45) is 0.295. The van der Waals surface area contributed by atoms with Crippen molar-refractivity contribution in [3.8, 4) is 0 Å². The van der Waals surface area contributed by atoms with Gasteiger partial charge in [-0.2, -0.15) is 0 Å². The molecular weight excluding hydrogens is 298 g/mol. The van der Waals surface area contributed by atoms with Gasteiger partial charge in [0.1, 0.15) is 5.84 Å². The van der Waals surface area contributed by atoms with Gasteiger partial charge in [-0.25, -0.2) is 10.4 Å². The highest BCUT2D eigenvalue weighted by Crippen LogP contribution is 2.26. The lowest BCUT2D eigenvalue weighted by molar-refractivity contribution is 0.570. The van der Waals surface area contributed by atoms with Crippen LogP contribution in [-0.4, -0.2) is 19.2 Å². The van der Waals surface area contributed by atoms with Gasteiger partial charge in [0.05, 0.1) is 5.69 Å². The lowest BCUT2D eigenvalue weighted by atomic mass is 10.0. The van der Waals surface area contributed by atoms with Crippen molar-refractivity contribution in [2.75, 3.05) is 12.1 Å². The summed E-state index contributed by atoms with van der Waals surface area (Å²) < 4.78 is 0. The van der Waals surface area contributed by atoms with Crippen LogP contribution in [0.3, 0.4) is 0 Å². The van der Waals surface area contributed by atoms with E-state index in [0.717, 1.165) is 28.3 Å². The molecule has 6 heteroatoms. The molecule has 5 N–H and O–H groups in total. The van der Waals surface area contributed by atoms with Crippen LogP contribution in [0.4, 0.5) is 5.69 Å². The van der Waals surface area contributed by atoms with Crippen molar-refractivity contribution in [1.29, 1.82) is 0 Å². The van der Waals surface area contributed by atoms with Crippen LogP contribution in [0.5, 0.6) is 0 Å². The van der Waals surface area contributed by atoms with E-state index in [1.807, 2.05) is 37.4 Å². The van der Waals surface area contributed by atoms with E-state index < -0.39 is 6.29 Å². The summed E-state index contributed by atoms with van der Waals surface area (Å²) in [5.41, 5.74) is 19.2. The molecule has 1 aliphatic rings. The predicted molar refractivity (Wildman–Crippen MR) is 90.9 cm³/mol. The molecule has 1 heterocycles. The number of rotatable bonds is 3. The zero-order valence-electron chi connectivity index (χ0n) is 12.3. The number of benzene rings is 2. The Balaban J connectivity index is 1.93. The predicted octanol–water partition coefficient (Wildman–Crippen LogP) is 1.83. The van der Waals surface area contributed by atoms with Gasteiger partial charge in [-0.05, 0) is 41.8 Å². The van der Waals surface area contributed by atoms with Crippen molar-refractivity contribution >= 4 is 23.1 Å². The number of halogens is 1. The van der Waals surface area contributed by atoms with Gasteiger partial charge in [-0.1, -0.05) is 29.8 Å². The molecule has 3 rings (SSSR count). The van der Waals surface area contributed by atoms with Crippen molar-refractivity contribution in [2.24, 2.45) is 16.5 Å². The maximum Gasteiger partial charge on any atom is 0.189 e. The normalized spacial score (nSPS) is 17.1. The number of nitrogens with zero attached hydrogens (tertiary/aromatic N) is 2. The number of fused-ring (bicyclic) bond motifs is 1. The molecule has 0 saturated heterocycles. The number of nitrogens with one attached hydrogen (secondary N) is 1. The van der Waals surface area contributed by atoms with Crippen LogP contribution < -0.4 is 21.9 Å². The van der Waals surface area contributed by atoms with Crippen molar-refractivity contribution in [1.82, 2.24) is 5.43 Å². The monoisotopic (exact) mass is 315 g/mol. The number of hydrogen-bond acceptors (Lipinski definition) is 5. The lowest BCUT2D eigenvalue weighted by Gasteiger charge is -2.33. The first-order valence-electron chi connectivity index (χ1n) is 7.01. The fourth-order valence-electron chi connectivity index (χ4n) is 2.61. The third-order valence-electron chi connectivity index (χ3n) is 3.69. The van der Waals surface area contributed by atoms with E-state index in [9.17, 15) is 0 Å². The Labute approximate surface area is 134 Å². The summed E-state index contributed by atoms with van der Waals surface area (Å²) in [5.74, 6) is 0.465. The topological polar surface area (TPSA) is 79.7 Å². The van der Waals surface area contributed by atoms with Crippen LogP contribution in [0.15, 0.2) is 47.5 Å². The second-order valence-electron chi connectivity index (χ2n) is 5.18. The van der Waals surface area contributed by atoms with E-state index in [4.69, 9.17) is 23.1 Å². The molecule has 2 aromatic carbocycles. The molecule has 5 nitrogen and oxygen atoms in total. The molecule has 0 aromatic heterocycles. The Bertz CT molecular complexity index is 711. The SMILES string of the molecule is CNN1c2ccc(Cc3ccc(Cl)cc3)cc2C(N)=NC1N. The minimum absolute atomic E-state index is 0.465. The maximum atomic E-state index is 6.03. The first-order chi connectivity index (χ1) is 10.6. The van der Waals surface area contributed by atoms with Crippen LogP contribution in [0, 0.1) is 0 Å². The number of amidine groups is 1. The van der Waals surface area contributed by atoms with Crippen LogP contribution in [0.2, 0.25) is 5.02 Å². The quantitative estimate of drug-likeness (QED) is 0.807. The number of hydrogen-bond donors (Lipinski definition) is 3. The summed E-state index contributed by atoms with van der Waals surface area (Å²) in [5, 5.41) is 2.53. The molecule has 0 spiro atoms. The summed E-state index contributed by atoms with van der Waals surface area (Å²) >= 11 is 5.92. The molecular formula is C16H18ClN5. The highest BCUT2D eigenvalue weighted by atomic mass is 35.5. The first kappa shape index (κ1) is 14.8. The number of hydrazine groups is 1. The van der Waals surface area contributed by atoms with Crippen molar-refractivity contribution in [3.05, 3.63) is 64.2 Å². The van der Waals surface area contributed by atoms with E-state index >= 15 is 0 Å². The van der Waals surface area contributed by atoms with Gasteiger partial charge in [0, 0.05) is 17.6 Å². The number of anilines is 1. The van der Waals surface area contributed by atoms with Crippen LogP contribution in [0.1, 0.15) is 16.7 Å². The van der Waals surface area contributed by atoms with Crippen LogP contribution in [-0.2, 0) is 6.42 Å². The minimum atomic E-state index is -0.514. The van der Waals surface area contributed by atoms with Crippen LogP contribution >= 0.6 is 11.6 Å². The second-order valence-corrected chi connectivity index (χ2v) is 5.61. The molecule has 1 aliphatic heterocycles. The van der Waals surface area contributed by atoms with Gasteiger partial charge in [-0.15, -0.1) is 0 Å². The highest BCUT2D eigenvalue weighted by molar-refractivity contribution is 6.30. The van der Waals surface area contributed by atoms with E-state index in [2.05, 4.69) is 22.6 Å². The Morgan fingerprint density at radius 2 is 1.86 bits per heavy atom. The average Bonchev–Trinajstić information content (AvgIpc) is 2.50. The van der Waals surface area contributed by atoms with E-state index in [1.54, 1.807) is 5.01 Å². The average molecular weight is 316 g/mol. The standard InChI is InChI=1S/C16H18ClN5/c1-20-22-14-7-4-11(8-10-2-5-12(17)6-3-10)9-13(14)15(18)21-16(22)19/h2-7,9,16,20H,8,19H2,1H3,(H2,18,21). The summed E-state index contributed by atoms with van der Waals surface area (Å²) in [6.45, 7) is 0. The summed E-state index contributed by atoms with van der Waals surface area (Å²) in [7, 11) is 1.81. The zero-order valence-corrected chi connectivity index (χ0v) is 13.0.